The van der Waals surface area contributed by atoms with Crippen molar-refractivity contribution in [3.8, 4) is 6.07 Å². The Labute approximate surface area is 166 Å². The number of aromatic nitrogens is 5. The Bertz CT molecular complexity index is 1080. The highest BCUT2D eigenvalue weighted by Gasteiger charge is 2.37. The number of allylic oxidation sites excluding steroid dienone is 1. The second-order valence-electron chi connectivity index (χ2n) is 7.45. The Balaban J connectivity index is 1.45. The number of aromatic amines is 1. The van der Waals surface area contributed by atoms with Crippen LogP contribution in [0.5, 0.6) is 0 Å². The first-order valence-electron chi connectivity index (χ1n) is 9.55. The molecule has 0 amide bonds. The molecule has 7 nitrogen and oxygen atoms in total. The Morgan fingerprint density at radius 3 is 2.75 bits per heavy atom. The first kappa shape index (κ1) is 17.3. The predicted octanol–water partition coefficient (Wildman–Crippen LogP) is 4.34. The lowest BCUT2D eigenvalue weighted by atomic mass is 10.2. The van der Waals surface area contributed by atoms with Crippen LogP contribution in [-0.2, 0) is 0 Å². The van der Waals surface area contributed by atoms with E-state index in [9.17, 15) is 10.4 Å². The quantitative estimate of drug-likeness (QED) is 0.367. The topological polar surface area (TPSA) is 103 Å². The molecule has 0 aliphatic heterocycles. The zero-order valence-corrected chi connectivity index (χ0v) is 16.3. The molecule has 0 unspecified atom stereocenters. The average molecular weight is 392 g/mol. The fourth-order valence-corrected chi connectivity index (χ4v) is 4.37. The van der Waals surface area contributed by atoms with Crippen molar-refractivity contribution in [1.82, 2.24) is 24.7 Å². The van der Waals surface area contributed by atoms with Crippen molar-refractivity contribution in [3.63, 3.8) is 0 Å². The second-order valence-corrected chi connectivity index (χ2v) is 8.76. The number of rotatable bonds is 6. The molecule has 8 heteroatoms. The minimum absolute atomic E-state index is 0.00451. The van der Waals surface area contributed by atoms with Gasteiger partial charge >= 0.3 is 0 Å². The van der Waals surface area contributed by atoms with Crippen LogP contribution in [0.4, 0.5) is 0 Å². The summed E-state index contributed by atoms with van der Waals surface area (Å²) in [6.07, 6.45) is 4.68. The molecule has 0 bridgehead atoms. The Morgan fingerprint density at radius 2 is 2.07 bits per heavy atom. The van der Waals surface area contributed by atoms with Gasteiger partial charge in [-0.05, 0) is 44.7 Å². The fraction of sp³-hybridized carbons (Fsp3) is 0.400. The summed E-state index contributed by atoms with van der Waals surface area (Å²) in [4.78, 5) is 7.57. The van der Waals surface area contributed by atoms with Gasteiger partial charge in [-0.1, -0.05) is 23.9 Å². The van der Waals surface area contributed by atoms with Gasteiger partial charge in [-0.3, -0.25) is 0 Å². The lowest BCUT2D eigenvalue weighted by molar-refractivity contribution is 0.401. The van der Waals surface area contributed by atoms with Crippen LogP contribution in [-0.4, -0.2) is 35.1 Å². The van der Waals surface area contributed by atoms with Crippen LogP contribution in [0.15, 0.2) is 35.2 Å². The molecule has 2 aromatic heterocycles. The number of fused-ring (bicyclic) bond motifs is 1. The van der Waals surface area contributed by atoms with Crippen LogP contribution in [0, 0.1) is 11.3 Å². The number of aliphatic hydroxyl groups excluding tert-OH is 1. The minimum atomic E-state index is -0.336. The number of nitrogens with one attached hydrogen (secondary N) is 1. The van der Waals surface area contributed by atoms with Gasteiger partial charge < -0.3 is 14.7 Å². The fourth-order valence-electron chi connectivity index (χ4n) is 3.38. The van der Waals surface area contributed by atoms with E-state index in [1.165, 1.54) is 24.6 Å². The van der Waals surface area contributed by atoms with Gasteiger partial charge in [-0.2, -0.15) is 5.26 Å². The van der Waals surface area contributed by atoms with Gasteiger partial charge in [0.2, 0.25) is 0 Å². The van der Waals surface area contributed by atoms with E-state index in [2.05, 4.69) is 30.8 Å². The zero-order valence-electron chi connectivity index (χ0n) is 15.5. The molecule has 5 rings (SSSR count). The Kier molecular flexibility index (Phi) is 4.13. The van der Waals surface area contributed by atoms with E-state index in [1.54, 1.807) is 0 Å². The molecule has 1 atom stereocenters. The molecule has 2 N–H and O–H groups in total. The summed E-state index contributed by atoms with van der Waals surface area (Å²) in [6.45, 7) is 1.88. The number of H-pyrrole nitrogens is 1. The van der Waals surface area contributed by atoms with Crippen molar-refractivity contribution in [2.45, 2.75) is 55.0 Å². The van der Waals surface area contributed by atoms with Gasteiger partial charge in [0.05, 0.1) is 16.3 Å². The number of hydrogen-bond acceptors (Lipinski definition) is 6. The maximum absolute atomic E-state index is 10.8. The third kappa shape index (κ3) is 3.06. The number of nitrogens with zero attached hydrogens (tertiary/aromatic N) is 5. The Morgan fingerprint density at radius 1 is 1.29 bits per heavy atom. The molecule has 0 spiro atoms. The number of hydrogen-bond donors (Lipinski definition) is 2. The first-order valence-corrected chi connectivity index (χ1v) is 10.4. The van der Waals surface area contributed by atoms with Crippen molar-refractivity contribution in [2.24, 2.45) is 0 Å². The standard InChI is InChI=1S/C20H20N6OS/c1-11(28-20-25-24-19(12-6-7-12)26(20)13-8-9-13)17(27)14(10-21)18-22-15-4-2-3-5-16(15)23-18/h2-5,11-13,27H,6-9H2,1H3,(H,22,23)/b17-14-/t11-/m1/s1. The summed E-state index contributed by atoms with van der Waals surface area (Å²) >= 11 is 1.45. The van der Waals surface area contributed by atoms with E-state index < -0.39 is 0 Å². The molecule has 2 aliphatic rings. The van der Waals surface area contributed by atoms with Gasteiger partial charge in [0.25, 0.3) is 0 Å². The maximum Gasteiger partial charge on any atom is 0.192 e. The van der Waals surface area contributed by atoms with Gasteiger partial charge in [-0.25, -0.2) is 4.98 Å². The van der Waals surface area contributed by atoms with Crippen LogP contribution in [0.3, 0.4) is 0 Å². The van der Waals surface area contributed by atoms with Gasteiger partial charge in [0, 0.05) is 12.0 Å². The number of para-hydroxylation sites is 2. The Hall–Kier alpha value is -2.79. The van der Waals surface area contributed by atoms with Crippen molar-refractivity contribution in [1.29, 1.82) is 5.26 Å². The van der Waals surface area contributed by atoms with E-state index in [-0.39, 0.29) is 16.6 Å². The van der Waals surface area contributed by atoms with Crippen LogP contribution in [0.2, 0.25) is 0 Å². The third-order valence-electron chi connectivity index (χ3n) is 5.21. The lowest BCUT2D eigenvalue weighted by Crippen LogP contribution is -2.08. The molecule has 142 valence electrons. The van der Waals surface area contributed by atoms with E-state index in [0.29, 0.717) is 17.8 Å². The smallest absolute Gasteiger partial charge is 0.192 e. The van der Waals surface area contributed by atoms with Crippen LogP contribution < -0.4 is 0 Å². The van der Waals surface area contributed by atoms with Crippen LogP contribution >= 0.6 is 11.8 Å². The van der Waals surface area contributed by atoms with Crippen molar-refractivity contribution in [3.05, 3.63) is 41.7 Å². The average Bonchev–Trinajstić information content (AvgIpc) is 3.63. The van der Waals surface area contributed by atoms with Gasteiger partial charge in [0.1, 0.15) is 23.2 Å². The number of benzene rings is 1. The highest BCUT2D eigenvalue weighted by atomic mass is 32.2. The predicted molar refractivity (Wildman–Crippen MR) is 107 cm³/mol. The molecule has 0 radical (unpaired) electrons. The third-order valence-corrected chi connectivity index (χ3v) is 6.27. The summed E-state index contributed by atoms with van der Waals surface area (Å²) in [7, 11) is 0. The summed E-state index contributed by atoms with van der Waals surface area (Å²) in [6, 6.07) is 10.2. The van der Waals surface area contributed by atoms with E-state index in [0.717, 1.165) is 34.9 Å². The van der Waals surface area contributed by atoms with Gasteiger partial charge in [-0.15, -0.1) is 10.2 Å². The zero-order chi connectivity index (χ0) is 19.3. The molecule has 2 aliphatic carbocycles. The summed E-state index contributed by atoms with van der Waals surface area (Å²) < 4.78 is 2.25. The highest BCUT2D eigenvalue weighted by Crippen LogP contribution is 2.46. The summed E-state index contributed by atoms with van der Waals surface area (Å²) in [5.41, 5.74) is 1.76. The number of thioether (sulfide) groups is 1. The summed E-state index contributed by atoms with van der Waals surface area (Å²) in [5.74, 6) is 2.01. The van der Waals surface area contributed by atoms with Crippen molar-refractivity contribution >= 4 is 28.4 Å². The number of nitriles is 1. The van der Waals surface area contributed by atoms with E-state index in [4.69, 9.17) is 0 Å². The summed E-state index contributed by atoms with van der Waals surface area (Å²) in [5, 5.41) is 29.8. The van der Waals surface area contributed by atoms with Crippen molar-refractivity contribution < 1.29 is 5.11 Å². The van der Waals surface area contributed by atoms with E-state index in [1.807, 2.05) is 31.2 Å². The SMILES string of the molecule is C[C@@H](Sc1nnc(C2CC2)n1C1CC1)/C(O)=C(\C#N)c1nc2ccccc2[nH]1. The van der Waals surface area contributed by atoms with E-state index >= 15 is 0 Å². The normalized spacial score (nSPS) is 18.7. The molecular weight excluding hydrogens is 372 g/mol. The first-order chi connectivity index (χ1) is 13.7. The number of imidazole rings is 1. The molecule has 28 heavy (non-hydrogen) atoms. The molecule has 2 fully saturated rings. The highest BCUT2D eigenvalue weighted by molar-refractivity contribution is 7.99. The molecule has 1 aromatic carbocycles. The van der Waals surface area contributed by atoms with Crippen LogP contribution in [0.25, 0.3) is 16.6 Å². The molecule has 3 aromatic rings. The molecule has 2 heterocycles. The second kappa shape index (κ2) is 6.67. The molecule has 2 saturated carbocycles. The maximum atomic E-state index is 10.8. The lowest BCUT2D eigenvalue weighted by Gasteiger charge is -2.13. The van der Waals surface area contributed by atoms with Gasteiger partial charge in [0.15, 0.2) is 11.0 Å². The molecule has 0 saturated heterocycles. The number of aliphatic hydroxyl groups is 1. The van der Waals surface area contributed by atoms with Crippen LogP contribution in [0.1, 0.15) is 56.2 Å². The molecular formula is C20H20N6OS. The van der Waals surface area contributed by atoms with Crippen molar-refractivity contribution in [2.75, 3.05) is 0 Å². The minimum Gasteiger partial charge on any atom is -0.510 e. The monoisotopic (exact) mass is 392 g/mol. The largest absolute Gasteiger partial charge is 0.510 e.